The highest BCUT2D eigenvalue weighted by molar-refractivity contribution is 7.16. The molecular formula is C21H24N6OS. The van der Waals surface area contributed by atoms with Crippen molar-refractivity contribution in [2.45, 2.75) is 6.92 Å². The summed E-state index contributed by atoms with van der Waals surface area (Å²) in [6, 6.07) is 9.94. The van der Waals surface area contributed by atoms with Crippen molar-refractivity contribution < 1.29 is 4.74 Å². The lowest BCUT2D eigenvalue weighted by Crippen LogP contribution is -2.44. The molecule has 0 atom stereocenters. The van der Waals surface area contributed by atoms with Gasteiger partial charge >= 0.3 is 0 Å². The third-order valence-corrected chi connectivity index (χ3v) is 5.44. The SMILES string of the molecule is COc1cccc(C=Cc2cnc(Nc3cc(N4CCNCC4)nc(C)n3)s2)c1. The molecule has 1 aliphatic rings. The number of benzene rings is 1. The molecule has 8 heteroatoms. The highest BCUT2D eigenvalue weighted by Crippen LogP contribution is 2.25. The lowest BCUT2D eigenvalue weighted by molar-refractivity contribution is 0.414. The quantitative estimate of drug-likeness (QED) is 0.646. The summed E-state index contributed by atoms with van der Waals surface area (Å²) in [6.07, 6.45) is 5.96. The average molecular weight is 409 g/mol. The highest BCUT2D eigenvalue weighted by atomic mass is 32.1. The molecule has 0 aliphatic carbocycles. The van der Waals surface area contributed by atoms with Crippen LogP contribution in [0.4, 0.5) is 16.8 Å². The van der Waals surface area contributed by atoms with Crippen LogP contribution >= 0.6 is 11.3 Å². The molecular weight excluding hydrogens is 384 g/mol. The van der Waals surface area contributed by atoms with Crippen molar-refractivity contribution in [2.75, 3.05) is 43.5 Å². The maximum absolute atomic E-state index is 5.27. The molecule has 0 amide bonds. The number of nitrogens with zero attached hydrogens (tertiary/aromatic N) is 4. The maximum atomic E-state index is 5.27. The molecule has 1 aliphatic heterocycles. The zero-order chi connectivity index (χ0) is 20.1. The van der Waals surface area contributed by atoms with Gasteiger partial charge in [0.2, 0.25) is 0 Å². The summed E-state index contributed by atoms with van der Waals surface area (Å²) in [5, 5.41) is 7.49. The lowest BCUT2D eigenvalue weighted by Gasteiger charge is -2.28. The fourth-order valence-corrected chi connectivity index (χ4v) is 3.85. The molecule has 29 heavy (non-hydrogen) atoms. The average Bonchev–Trinajstić information content (AvgIpc) is 3.20. The van der Waals surface area contributed by atoms with Gasteiger partial charge in [-0.25, -0.2) is 15.0 Å². The number of hydrogen-bond donors (Lipinski definition) is 2. The van der Waals surface area contributed by atoms with Crippen molar-refractivity contribution in [1.29, 1.82) is 0 Å². The number of nitrogens with one attached hydrogen (secondary N) is 2. The molecule has 0 unspecified atom stereocenters. The predicted octanol–water partition coefficient (Wildman–Crippen LogP) is 3.57. The molecule has 0 spiro atoms. The molecule has 1 saturated heterocycles. The van der Waals surface area contributed by atoms with Crippen LogP contribution in [0.3, 0.4) is 0 Å². The fraction of sp³-hybridized carbons (Fsp3) is 0.286. The normalized spacial score (nSPS) is 14.3. The Balaban J connectivity index is 1.46. The Morgan fingerprint density at radius 1 is 1.17 bits per heavy atom. The van der Waals surface area contributed by atoms with Crippen molar-refractivity contribution in [3.05, 3.63) is 52.8 Å². The summed E-state index contributed by atoms with van der Waals surface area (Å²) in [5.41, 5.74) is 1.08. The fourth-order valence-electron chi connectivity index (χ4n) is 3.13. The number of aryl methyl sites for hydroxylation is 1. The van der Waals surface area contributed by atoms with E-state index in [0.717, 1.165) is 65.0 Å². The summed E-state index contributed by atoms with van der Waals surface area (Å²) in [6.45, 7) is 5.77. The van der Waals surface area contributed by atoms with Gasteiger partial charge in [0.05, 0.1) is 7.11 Å². The van der Waals surface area contributed by atoms with Gasteiger partial charge in [-0.15, -0.1) is 0 Å². The third kappa shape index (κ3) is 5.10. The Labute approximate surface area is 174 Å². The number of anilines is 3. The first kappa shape index (κ1) is 19.4. The van der Waals surface area contributed by atoms with E-state index in [2.05, 4.69) is 42.6 Å². The zero-order valence-corrected chi connectivity index (χ0v) is 17.4. The van der Waals surface area contributed by atoms with Gasteiger partial charge in [0, 0.05) is 43.3 Å². The number of rotatable bonds is 6. The molecule has 1 aromatic carbocycles. The second-order valence-corrected chi connectivity index (χ2v) is 7.76. The standard InChI is InChI=1S/C21H24N6OS/c1-15-24-19(13-20(25-15)27-10-8-22-9-11-27)26-21-23-14-18(29-21)7-6-16-4-3-5-17(12-16)28-2/h3-7,12-14,22H,8-11H2,1-2H3,(H,23,24,25,26). The van der Waals surface area contributed by atoms with Crippen LogP contribution in [0.5, 0.6) is 5.75 Å². The zero-order valence-electron chi connectivity index (χ0n) is 16.6. The van der Waals surface area contributed by atoms with Crippen LogP contribution in [-0.4, -0.2) is 48.2 Å². The minimum atomic E-state index is 0.748. The van der Waals surface area contributed by atoms with E-state index in [9.17, 15) is 0 Å². The van der Waals surface area contributed by atoms with Gasteiger partial charge < -0.3 is 20.3 Å². The van der Waals surface area contributed by atoms with Crippen molar-refractivity contribution in [3.8, 4) is 5.75 Å². The molecule has 3 aromatic rings. The topological polar surface area (TPSA) is 75.2 Å². The Kier molecular flexibility index (Phi) is 6.02. The molecule has 150 valence electrons. The minimum Gasteiger partial charge on any atom is -0.497 e. The Hall–Kier alpha value is -2.97. The first-order valence-corrected chi connectivity index (χ1v) is 10.4. The van der Waals surface area contributed by atoms with Gasteiger partial charge in [0.25, 0.3) is 0 Å². The first-order valence-electron chi connectivity index (χ1n) is 9.56. The number of piperazine rings is 1. The van der Waals surface area contributed by atoms with E-state index >= 15 is 0 Å². The van der Waals surface area contributed by atoms with Gasteiger partial charge in [-0.3, -0.25) is 0 Å². The van der Waals surface area contributed by atoms with Gasteiger partial charge in [0.1, 0.15) is 23.2 Å². The van der Waals surface area contributed by atoms with E-state index < -0.39 is 0 Å². The summed E-state index contributed by atoms with van der Waals surface area (Å²) >= 11 is 1.58. The van der Waals surface area contributed by atoms with Gasteiger partial charge in [-0.05, 0) is 30.7 Å². The molecule has 0 bridgehead atoms. The van der Waals surface area contributed by atoms with E-state index in [4.69, 9.17) is 4.74 Å². The lowest BCUT2D eigenvalue weighted by atomic mass is 10.2. The summed E-state index contributed by atoms with van der Waals surface area (Å²) in [7, 11) is 1.67. The number of ether oxygens (including phenoxy) is 1. The van der Waals surface area contributed by atoms with Gasteiger partial charge in [-0.1, -0.05) is 29.5 Å². The van der Waals surface area contributed by atoms with Crippen molar-refractivity contribution in [2.24, 2.45) is 0 Å². The molecule has 0 saturated carbocycles. The molecule has 7 nitrogen and oxygen atoms in total. The smallest absolute Gasteiger partial charge is 0.188 e. The van der Waals surface area contributed by atoms with Crippen molar-refractivity contribution >= 4 is 40.3 Å². The summed E-state index contributed by atoms with van der Waals surface area (Å²) in [4.78, 5) is 16.9. The van der Waals surface area contributed by atoms with E-state index in [1.807, 2.05) is 43.5 Å². The van der Waals surface area contributed by atoms with Crippen LogP contribution in [-0.2, 0) is 0 Å². The summed E-state index contributed by atoms with van der Waals surface area (Å²) in [5.74, 6) is 3.32. The van der Waals surface area contributed by atoms with E-state index in [0.29, 0.717) is 0 Å². The molecule has 2 aromatic heterocycles. The number of aromatic nitrogens is 3. The molecule has 1 fully saturated rings. The van der Waals surface area contributed by atoms with E-state index in [-0.39, 0.29) is 0 Å². The first-order chi connectivity index (χ1) is 14.2. The van der Waals surface area contributed by atoms with Gasteiger partial charge in [-0.2, -0.15) is 0 Å². The molecule has 2 N–H and O–H groups in total. The molecule has 0 radical (unpaired) electrons. The van der Waals surface area contributed by atoms with Crippen LogP contribution in [0.2, 0.25) is 0 Å². The van der Waals surface area contributed by atoms with E-state index in [1.165, 1.54) is 0 Å². The predicted molar refractivity (Wildman–Crippen MR) is 119 cm³/mol. The van der Waals surface area contributed by atoms with Crippen LogP contribution in [0, 0.1) is 6.92 Å². The Morgan fingerprint density at radius 2 is 2.03 bits per heavy atom. The second-order valence-electron chi connectivity index (χ2n) is 6.70. The molecule has 3 heterocycles. The summed E-state index contributed by atoms with van der Waals surface area (Å²) < 4.78 is 5.27. The van der Waals surface area contributed by atoms with E-state index in [1.54, 1.807) is 18.4 Å². The molecule has 4 rings (SSSR count). The Bertz CT molecular complexity index is 996. The monoisotopic (exact) mass is 408 g/mol. The Morgan fingerprint density at radius 3 is 2.86 bits per heavy atom. The number of thiazole rings is 1. The maximum Gasteiger partial charge on any atom is 0.188 e. The van der Waals surface area contributed by atoms with Crippen LogP contribution in [0.15, 0.2) is 36.5 Å². The highest BCUT2D eigenvalue weighted by Gasteiger charge is 2.14. The second kappa shape index (κ2) is 9.02. The van der Waals surface area contributed by atoms with Crippen molar-refractivity contribution in [1.82, 2.24) is 20.3 Å². The van der Waals surface area contributed by atoms with Crippen LogP contribution in [0.25, 0.3) is 12.2 Å². The van der Waals surface area contributed by atoms with Gasteiger partial charge in [0.15, 0.2) is 5.13 Å². The van der Waals surface area contributed by atoms with Crippen molar-refractivity contribution in [3.63, 3.8) is 0 Å². The van der Waals surface area contributed by atoms with Crippen LogP contribution in [0.1, 0.15) is 16.3 Å². The minimum absolute atomic E-state index is 0.748. The largest absolute Gasteiger partial charge is 0.497 e. The number of methoxy groups -OCH3 is 1. The third-order valence-electron chi connectivity index (χ3n) is 4.56. The number of hydrogen-bond acceptors (Lipinski definition) is 8. The van der Waals surface area contributed by atoms with Crippen LogP contribution < -0.4 is 20.3 Å².